The molecule has 6 nitrogen and oxygen atoms in total. The molecular weight excluding hydrogens is 913 g/mol. The SMILES string of the molecule is c1ccc(-c2nc(-c3ccccc3)nc(-c3ccc(-n4c5ccccc5c5ccccc54)c(-c4ccc5c6c(-c7ccc8c(c7)c7ccccc7n8-c7ccccc7)cccc6n(-c6ccccc6)c5c4)c3)n2)cc1. The van der Waals surface area contributed by atoms with Gasteiger partial charge in [0.25, 0.3) is 0 Å². The molecule has 0 bridgehead atoms. The van der Waals surface area contributed by atoms with Crippen LogP contribution in [-0.4, -0.2) is 28.7 Å². The van der Waals surface area contributed by atoms with Crippen molar-refractivity contribution >= 4 is 65.4 Å². The molecule has 6 heteroatoms. The van der Waals surface area contributed by atoms with E-state index in [-0.39, 0.29) is 0 Å². The summed E-state index contributed by atoms with van der Waals surface area (Å²) < 4.78 is 7.24. The lowest BCUT2D eigenvalue weighted by molar-refractivity contribution is 1.07. The Morgan fingerprint density at radius 1 is 0.227 bits per heavy atom. The summed E-state index contributed by atoms with van der Waals surface area (Å²) in [5.74, 6) is 1.85. The second kappa shape index (κ2) is 17.3. The Hall–Kier alpha value is -10.2. The second-order valence-electron chi connectivity index (χ2n) is 19.2. The van der Waals surface area contributed by atoms with Gasteiger partial charge in [-0.3, -0.25) is 0 Å². The molecule has 4 heterocycles. The molecule has 0 atom stereocenters. The highest BCUT2D eigenvalue weighted by molar-refractivity contribution is 6.18. The van der Waals surface area contributed by atoms with Crippen molar-refractivity contribution in [3.05, 3.63) is 267 Å². The monoisotopic (exact) mass is 956 g/mol. The fraction of sp³-hybridized carbons (Fsp3) is 0. The summed E-state index contributed by atoms with van der Waals surface area (Å²) in [7, 11) is 0. The van der Waals surface area contributed by atoms with Crippen molar-refractivity contribution in [2.75, 3.05) is 0 Å². The van der Waals surface area contributed by atoms with Gasteiger partial charge in [-0.2, -0.15) is 0 Å². The normalized spacial score (nSPS) is 11.7. The van der Waals surface area contributed by atoms with Crippen LogP contribution in [0.2, 0.25) is 0 Å². The van der Waals surface area contributed by atoms with Crippen LogP contribution in [0.15, 0.2) is 267 Å². The van der Waals surface area contributed by atoms with E-state index < -0.39 is 0 Å². The molecule has 350 valence electrons. The zero-order valence-corrected chi connectivity index (χ0v) is 40.6. The summed E-state index contributed by atoms with van der Waals surface area (Å²) in [6.07, 6.45) is 0. The molecule has 4 aromatic heterocycles. The summed E-state index contributed by atoms with van der Waals surface area (Å²) in [5, 5.41) is 7.24. The first-order valence-corrected chi connectivity index (χ1v) is 25.4. The summed E-state index contributed by atoms with van der Waals surface area (Å²) in [4.78, 5) is 15.5. The largest absolute Gasteiger partial charge is 0.309 e. The van der Waals surface area contributed by atoms with Crippen molar-refractivity contribution in [2.24, 2.45) is 0 Å². The Balaban J connectivity index is 0.983. The van der Waals surface area contributed by atoms with Gasteiger partial charge in [0.2, 0.25) is 0 Å². The molecule has 0 saturated heterocycles. The minimum atomic E-state index is 0.603. The van der Waals surface area contributed by atoms with Gasteiger partial charge in [-0.25, -0.2) is 15.0 Å². The number of nitrogens with zero attached hydrogens (tertiary/aromatic N) is 6. The first-order chi connectivity index (χ1) is 37.2. The highest BCUT2D eigenvalue weighted by atomic mass is 15.0. The minimum Gasteiger partial charge on any atom is -0.309 e. The third kappa shape index (κ3) is 6.92. The minimum absolute atomic E-state index is 0.603. The lowest BCUT2D eigenvalue weighted by Crippen LogP contribution is -2.02. The molecule has 0 spiro atoms. The van der Waals surface area contributed by atoms with E-state index in [1.165, 1.54) is 54.5 Å². The quantitative estimate of drug-likeness (QED) is 0.152. The van der Waals surface area contributed by atoms with Gasteiger partial charge < -0.3 is 13.7 Å². The molecule has 0 saturated carbocycles. The number of hydrogen-bond donors (Lipinski definition) is 0. The zero-order valence-electron chi connectivity index (χ0n) is 40.6. The van der Waals surface area contributed by atoms with Crippen LogP contribution in [0.3, 0.4) is 0 Å². The maximum atomic E-state index is 5.22. The van der Waals surface area contributed by atoms with Crippen LogP contribution in [0.25, 0.3) is 139 Å². The van der Waals surface area contributed by atoms with E-state index >= 15 is 0 Å². The smallest absolute Gasteiger partial charge is 0.164 e. The van der Waals surface area contributed by atoms with Crippen molar-refractivity contribution < 1.29 is 0 Å². The summed E-state index contributed by atoms with van der Waals surface area (Å²) in [6.45, 7) is 0. The van der Waals surface area contributed by atoms with Gasteiger partial charge >= 0.3 is 0 Å². The van der Waals surface area contributed by atoms with E-state index in [1.54, 1.807) is 0 Å². The molecule has 15 aromatic rings. The van der Waals surface area contributed by atoms with Crippen molar-refractivity contribution in [2.45, 2.75) is 0 Å². The van der Waals surface area contributed by atoms with Crippen LogP contribution in [0.4, 0.5) is 0 Å². The van der Waals surface area contributed by atoms with E-state index in [0.717, 1.165) is 66.9 Å². The Kier molecular flexibility index (Phi) is 9.78. The van der Waals surface area contributed by atoms with Crippen LogP contribution >= 0.6 is 0 Å². The van der Waals surface area contributed by atoms with Gasteiger partial charge in [0.15, 0.2) is 17.5 Å². The standard InChI is InChI=1S/C69H44N6/c1-5-20-45(21-6-1)67-70-68(46-22-7-2-8-23-46)72-69(71-67)49-38-41-62(75-60-33-17-13-28-53(60)54-29-14-18-34-61(54)75)57(43-49)48-36-39-56-65(44-48)74(51-26-11-4-12-27-51)64-35-19-31-52(66(56)64)47-37-40-63-58(42-47)55-30-15-16-32-59(55)73(63)50-24-9-3-10-25-50/h1-44H. The summed E-state index contributed by atoms with van der Waals surface area (Å²) >= 11 is 0. The van der Waals surface area contributed by atoms with Gasteiger partial charge in [0.1, 0.15) is 0 Å². The highest BCUT2D eigenvalue weighted by Crippen LogP contribution is 2.44. The Bertz CT molecular complexity index is 4580. The lowest BCUT2D eigenvalue weighted by Gasteiger charge is -2.17. The fourth-order valence-electron chi connectivity index (χ4n) is 11.5. The molecule has 0 N–H and O–H groups in total. The Morgan fingerprint density at radius 3 is 1.27 bits per heavy atom. The first-order valence-electron chi connectivity index (χ1n) is 25.4. The van der Waals surface area contributed by atoms with Crippen molar-refractivity contribution in [3.63, 3.8) is 0 Å². The third-order valence-corrected chi connectivity index (χ3v) is 14.9. The molecule has 15 rings (SSSR count). The van der Waals surface area contributed by atoms with Gasteiger partial charge in [0.05, 0.1) is 38.8 Å². The molecule has 0 aliphatic heterocycles. The van der Waals surface area contributed by atoms with E-state index in [9.17, 15) is 0 Å². The zero-order chi connectivity index (χ0) is 49.4. The first kappa shape index (κ1) is 42.5. The lowest BCUT2D eigenvalue weighted by atomic mass is 9.96. The number of rotatable bonds is 8. The average molecular weight is 957 g/mol. The number of hydrogen-bond acceptors (Lipinski definition) is 3. The fourth-order valence-corrected chi connectivity index (χ4v) is 11.5. The van der Waals surface area contributed by atoms with Crippen molar-refractivity contribution in [1.82, 2.24) is 28.7 Å². The van der Waals surface area contributed by atoms with Crippen LogP contribution < -0.4 is 0 Å². The maximum absolute atomic E-state index is 5.22. The maximum Gasteiger partial charge on any atom is 0.164 e. The summed E-state index contributed by atoms with van der Waals surface area (Å²) in [5.41, 5.74) is 17.4. The van der Waals surface area contributed by atoms with E-state index in [4.69, 9.17) is 15.0 Å². The van der Waals surface area contributed by atoms with E-state index in [1.807, 2.05) is 36.4 Å². The third-order valence-electron chi connectivity index (χ3n) is 14.9. The molecule has 0 fully saturated rings. The van der Waals surface area contributed by atoms with Gasteiger partial charge in [-0.15, -0.1) is 0 Å². The predicted molar refractivity (Wildman–Crippen MR) is 310 cm³/mol. The van der Waals surface area contributed by atoms with Crippen molar-refractivity contribution in [1.29, 1.82) is 0 Å². The number of benzene rings is 11. The summed E-state index contributed by atoms with van der Waals surface area (Å²) in [6, 6.07) is 95.5. The Labute approximate surface area is 432 Å². The van der Waals surface area contributed by atoms with Crippen LogP contribution in [0.5, 0.6) is 0 Å². The van der Waals surface area contributed by atoms with Crippen LogP contribution in [0.1, 0.15) is 0 Å². The van der Waals surface area contributed by atoms with Gasteiger partial charge in [-0.05, 0) is 102 Å². The highest BCUT2D eigenvalue weighted by Gasteiger charge is 2.23. The molecule has 0 aliphatic rings. The molecule has 11 aromatic carbocycles. The number of aromatic nitrogens is 6. The number of fused-ring (bicyclic) bond motifs is 9. The van der Waals surface area contributed by atoms with Crippen LogP contribution in [0, 0.1) is 0 Å². The van der Waals surface area contributed by atoms with E-state index in [2.05, 4.69) is 244 Å². The molecular formula is C69H44N6. The average Bonchev–Trinajstić information content (AvgIpc) is 4.13. The second-order valence-corrected chi connectivity index (χ2v) is 19.2. The van der Waals surface area contributed by atoms with E-state index in [0.29, 0.717) is 17.5 Å². The van der Waals surface area contributed by atoms with Gasteiger partial charge in [-0.1, -0.05) is 182 Å². The molecule has 0 amide bonds. The molecule has 75 heavy (non-hydrogen) atoms. The number of para-hydroxylation sites is 5. The van der Waals surface area contributed by atoms with Gasteiger partial charge in [0, 0.05) is 65.9 Å². The van der Waals surface area contributed by atoms with Crippen molar-refractivity contribution in [3.8, 4) is 73.5 Å². The topological polar surface area (TPSA) is 53.5 Å². The van der Waals surface area contributed by atoms with Crippen LogP contribution in [-0.2, 0) is 0 Å². The Morgan fingerprint density at radius 2 is 0.667 bits per heavy atom. The molecule has 0 aliphatic carbocycles. The molecule has 0 unspecified atom stereocenters. The molecule has 0 radical (unpaired) electrons. The predicted octanol–water partition coefficient (Wildman–Crippen LogP) is 17.5.